The molecule has 1 fully saturated rings. The SMILES string of the molecule is C=CC(I)C(=O)OCCOC1CC(C)(C)N(O)C(C)(C)C1. The minimum atomic E-state index is -0.334. The monoisotopic (exact) mass is 411 g/mol. The van der Waals surface area contributed by atoms with Crippen LogP contribution in [0, 0.1) is 0 Å². The van der Waals surface area contributed by atoms with Crippen LogP contribution in [-0.2, 0) is 14.3 Å². The zero-order valence-electron chi connectivity index (χ0n) is 13.3. The summed E-state index contributed by atoms with van der Waals surface area (Å²) in [5, 5.41) is 11.6. The van der Waals surface area contributed by atoms with Gasteiger partial charge in [-0.3, -0.25) is 4.79 Å². The minimum absolute atomic E-state index is 0.0481. The number of alkyl halides is 1. The Morgan fingerprint density at radius 3 is 2.38 bits per heavy atom. The number of hydroxylamine groups is 2. The van der Waals surface area contributed by atoms with E-state index in [1.54, 1.807) is 6.08 Å². The largest absolute Gasteiger partial charge is 0.462 e. The normalized spacial score (nSPS) is 23.5. The van der Waals surface area contributed by atoms with Gasteiger partial charge in [0.2, 0.25) is 0 Å². The van der Waals surface area contributed by atoms with Gasteiger partial charge in [0.05, 0.1) is 12.7 Å². The third-order valence-electron chi connectivity index (χ3n) is 3.71. The number of hydrogen-bond donors (Lipinski definition) is 1. The lowest BCUT2D eigenvalue weighted by Gasteiger charge is -2.51. The van der Waals surface area contributed by atoms with Crippen molar-refractivity contribution in [3.05, 3.63) is 12.7 Å². The topological polar surface area (TPSA) is 59.0 Å². The Hall–Kier alpha value is -0.180. The van der Waals surface area contributed by atoms with Crippen molar-refractivity contribution in [2.75, 3.05) is 13.2 Å². The lowest BCUT2D eigenvalue weighted by atomic mass is 9.80. The lowest BCUT2D eigenvalue weighted by Crippen LogP contribution is -2.60. The van der Waals surface area contributed by atoms with Crippen LogP contribution >= 0.6 is 22.6 Å². The summed E-state index contributed by atoms with van der Waals surface area (Å²) in [4.78, 5) is 11.5. The quantitative estimate of drug-likeness (QED) is 0.240. The van der Waals surface area contributed by atoms with Gasteiger partial charge in [0.25, 0.3) is 0 Å². The molecule has 6 heteroatoms. The summed E-state index contributed by atoms with van der Waals surface area (Å²) in [6, 6.07) is 0. The second kappa shape index (κ2) is 7.39. The van der Waals surface area contributed by atoms with Crippen molar-refractivity contribution in [2.45, 2.75) is 61.6 Å². The molecule has 1 unspecified atom stereocenters. The first kappa shape index (κ1) is 18.9. The molecule has 1 aliphatic rings. The van der Waals surface area contributed by atoms with Crippen LogP contribution in [0.15, 0.2) is 12.7 Å². The summed E-state index contributed by atoms with van der Waals surface area (Å²) in [6.07, 6.45) is 3.07. The van der Waals surface area contributed by atoms with E-state index in [9.17, 15) is 10.0 Å². The van der Waals surface area contributed by atoms with Gasteiger partial charge in [0.1, 0.15) is 10.5 Å². The molecule has 0 spiro atoms. The van der Waals surface area contributed by atoms with Gasteiger partial charge in [0.15, 0.2) is 0 Å². The Morgan fingerprint density at radius 2 is 1.90 bits per heavy atom. The predicted molar refractivity (Wildman–Crippen MR) is 89.7 cm³/mol. The molecule has 0 bridgehead atoms. The molecule has 1 rings (SSSR count). The molecule has 0 saturated carbocycles. The summed E-state index contributed by atoms with van der Waals surface area (Å²) < 4.78 is 10.6. The molecule has 0 aromatic heterocycles. The summed E-state index contributed by atoms with van der Waals surface area (Å²) in [6.45, 7) is 12.1. The van der Waals surface area contributed by atoms with Crippen LogP contribution in [0.25, 0.3) is 0 Å². The molecule has 0 amide bonds. The molecule has 5 nitrogen and oxygen atoms in total. The van der Waals surface area contributed by atoms with E-state index in [0.29, 0.717) is 6.61 Å². The molecule has 0 radical (unpaired) electrons. The standard InChI is InChI=1S/C15H26INO4/c1-6-12(16)13(18)21-8-7-20-11-9-14(2,3)17(19)15(4,5)10-11/h6,11-12,19H,1,7-10H2,2-5H3. The highest BCUT2D eigenvalue weighted by Crippen LogP contribution is 2.37. The maximum absolute atomic E-state index is 11.5. The molecule has 21 heavy (non-hydrogen) atoms. The Labute approximate surface area is 140 Å². The molecule has 0 aromatic rings. The van der Waals surface area contributed by atoms with Crippen LogP contribution in [0.3, 0.4) is 0 Å². The van der Waals surface area contributed by atoms with Crippen molar-refractivity contribution < 1.29 is 19.5 Å². The van der Waals surface area contributed by atoms with E-state index in [1.807, 2.05) is 50.3 Å². The molecule has 1 heterocycles. The summed E-state index contributed by atoms with van der Waals surface area (Å²) in [5.74, 6) is -0.292. The maximum atomic E-state index is 11.5. The van der Waals surface area contributed by atoms with Gasteiger partial charge in [0, 0.05) is 11.1 Å². The molecule has 0 aliphatic carbocycles. The second-order valence-corrected chi connectivity index (χ2v) is 7.98. The molecule has 122 valence electrons. The number of carbonyl (C=O) groups is 1. The van der Waals surface area contributed by atoms with Crippen LogP contribution in [0.2, 0.25) is 0 Å². The Bertz CT molecular complexity index is 366. The Kier molecular flexibility index (Phi) is 6.64. The highest BCUT2D eigenvalue weighted by molar-refractivity contribution is 14.1. The minimum Gasteiger partial charge on any atom is -0.462 e. The Balaban J connectivity index is 2.39. The number of esters is 1. The fourth-order valence-electron chi connectivity index (χ4n) is 2.83. The zero-order chi connectivity index (χ0) is 16.3. The van der Waals surface area contributed by atoms with E-state index in [2.05, 4.69) is 6.58 Å². The fourth-order valence-corrected chi connectivity index (χ4v) is 3.01. The molecule has 1 aliphatic heterocycles. The third-order valence-corrected chi connectivity index (χ3v) is 4.73. The van der Waals surface area contributed by atoms with Gasteiger partial charge >= 0.3 is 5.97 Å². The van der Waals surface area contributed by atoms with Gasteiger partial charge in [-0.25, -0.2) is 0 Å². The van der Waals surface area contributed by atoms with Crippen LogP contribution in [0.1, 0.15) is 40.5 Å². The number of halogens is 1. The number of ether oxygens (including phenoxy) is 2. The number of rotatable bonds is 6. The second-order valence-electron chi connectivity index (χ2n) is 6.64. The van der Waals surface area contributed by atoms with Crippen molar-refractivity contribution in [3.8, 4) is 0 Å². The average molecular weight is 411 g/mol. The number of nitrogens with zero attached hydrogens (tertiary/aromatic N) is 1. The van der Waals surface area contributed by atoms with Crippen molar-refractivity contribution in [1.29, 1.82) is 0 Å². The highest BCUT2D eigenvalue weighted by Gasteiger charge is 2.45. The van der Waals surface area contributed by atoms with E-state index in [-0.39, 0.29) is 33.7 Å². The smallest absolute Gasteiger partial charge is 0.322 e. The molecule has 1 saturated heterocycles. The average Bonchev–Trinajstić information content (AvgIpc) is 2.39. The molecular weight excluding hydrogens is 385 g/mol. The Morgan fingerprint density at radius 1 is 1.38 bits per heavy atom. The van der Waals surface area contributed by atoms with Crippen LogP contribution in [0.5, 0.6) is 0 Å². The number of piperidine rings is 1. The first-order valence-electron chi connectivity index (χ1n) is 7.14. The lowest BCUT2D eigenvalue weighted by molar-refractivity contribution is -0.261. The third kappa shape index (κ3) is 5.19. The first-order valence-corrected chi connectivity index (χ1v) is 8.39. The zero-order valence-corrected chi connectivity index (χ0v) is 15.4. The van der Waals surface area contributed by atoms with E-state index in [4.69, 9.17) is 9.47 Å². The van der Waals surface area contributed by atoms with Crippen molar-refractivity contribution in [1.82, 2.24) is 5.06 Å². The predicted octanol–water partition coefficient (Wildman–Crippen LogP) is 2.95. The highest BCUT2D eigenvalue weighted by atomic mass is 127. The molecular formula is C15H26INO4. The van der Waals surface area contributed by atoms with Crippen molar-refractivity contribution in [3.63, 3.8) is 0 Å². The van der Waals surface area contributed by atoms with E-state index >= 15 is 0 Å². The number of hydrogen-bond acceptors (Lipinski definition) is 5. The summed E-state index contributed by atoms with van der Waals surface area (Å²) in [5.41, 5.74) is -0.668. The number of carbonyl (C=O) groups excluding carboxylic acids is 1. The molecule has 1 atom stereocenters. The van der Waals surface area contributed by atoms with Crippen molar-refractivity contribution >= 4 is 28.6 Å². The van der Waals surface area contributed by atoms with Gasteiger partial charge in [-0.2, -0.15) is 5.06 Å². The maximum Gasteiger partial charge on any atom is 0.322 e. The summed E-state index contributed by atoms with van der Waals surface area (Å²) in [7, 11) is 0. The van der Waals surface area contributed by atoms with Crippen LogP contribution < -0.4 is 0 Å². The molecule has 0 aromatic carbocycles. The van der Waals surface area contributed by atoms with Crippen molar-refractivity contribution in [2.24, 2.45) is 0 Å². The van der Waals surface area contributed by atoms with E-state index < -0.39 is 0 Å². The van der Waals surface area contributed by atoms with Crippen LogP contribution in [-0.4, -0.2) is 50.6 Å². The fraction of sp³-hybridized carbons (Fsp3) is 0.800. The first-order chi connectivity index (χ1) is 9.60. The van der Waals surface area contributed by atoms with Gasteiger partial charge in [-0.15, -0.1) is 6.58 Å². The van der Waals surface area contributed by atoms with E-state index in [1.165, 1.54) is 5.06 Å². The van der Waals surface area contributed by atoms with Gasteiger partial charge in [-0.05, 0) is 40.5 Å². The van der Waals surface area contributed by atoms with Gasteiger partial charge < -0.3 is 14.7 Å². The molecule has 1 N–H and O–H groups in total. The van der Waals surface area contributed by atoms with E-state index in [0.717, 1.165) is 12.8 Å². The van der Waals surface area contributed by atoms with Gasteiger partial charge in [-0.1, -0.05) is 28.7 Å². The summed E-state index contributed by atoms with van der Waals surface area (Å²) >= 11 is 1.97. The van der Waals surface area contributed by atoms with Crippen LogP contribution in [0.4, 0.5) is 0 Å².